The Morgan fingerprint density at radius 3 is 2.60 bits per heavy atom. The van der Waals surface area contributed by atoms with Gasteiger partial charge in [0, 0.05) is 5.56 Å². The summed E-state index contributed by atoms with van der Waals surface area (Å²) < 4.78 is 10.6. The van der Waals surface area contributed by atoms with E-state index in [4.69, 9.17) is 9.47 Å². The first-order valence-corrected chi connectivity index (χ1v) is 6.43. The van der Waals surface area contributed by atoms with Crippen LogP contribution >= 0.6 is 0 Å². The number of ether oxygens (including phenoxy) is 2. The summed E-state index contributed by atoms with van der Waals surface area (Å²) in [5, 5.41) is 4.23. The molecule has 2 aromatic rings. The monoisotopic (exact) mass is 268 g/mol. The highest BCUT2D eigenvalue weighted by atomic mass is 16.5. The van der Waals surface area contributed by atoms with E-state index in [0.29, 0.717) is 0 Å². The van der Waals surface area contributed by atoms with Crippen molar-refractivity contribution in [1.29, 1.82) is 0 Å². The van der Waals surface area contributed by atoms with Gasteiger partial charge in [0.15, 0.2) is 11.5 Å². The van der Waals surface area contributed by atoms with Gasteiger partial charge in [-0.05, 0) is 23.3 Å². The number of nitrogens with zero attached hydrogens (tertiary/aromatic N) is 1. The van der Waals surface area contributed by atoms with E-state index in [2.05, 4.69) is 22.7 Å². The zero-order valence-electron chi connectivity index (χ0n) is 11.5. The molecule has 0 saturated carbocycles. The Morgan fingerprint density at radius 2 is 1.80 bits per heavy atom. The number of nitrogens with one attached hydrogen (secondary N) is 1. The molecule has 4 nitrogen and oxygen atoms in total. The fourth-order valence-electron chi connectivity index (χ4n) is 2.43. The largest absolute Gasteiger partial charge is 0.493 e. The number of rotatable bonds is 3. The average Bonchev–Trinajstić information content (AvgIpc) is 2.53. The number of methoxy groups -OCH3 is 2. The van der Waals surface area contributed by atoms with Gasteiger partial charge in [-0.1, -0.05) is 30.3 Å². The van der Waals surface area contributed by atoms with E-state index in [1.807, 2.05) is 36.5 Å². The van der Waals surface area contributed by atoms with Crippen LogP contribution in [-0.4, -0.2) is 20.4 Å². The lowest BCUT2D eigenvalue weighted by Gasteiger charge is -2.23. The lowest BCUT2D eigenvalue weighted by Crippen LogP contribution is -2.22. The molecular weight excluding hydrogens is 252 g/mol. The molecule has 102 valence electrons. The number of hydrogen-bond donors (Lipinski definition) is 1. The van der Waals surface area contributed by atoms with Gasteiger partial charge in [0.25, 0.3) is 0 Å². The Morgan fingerprint density at radius 1 is 1.00 bits per heavy atom. The van der Waals surface area contributed by atoms with Crippen molar-refractivity contribution in [3.05, 3.63) is 59.2 Å². The molecule has 3 rings (SSSR count). The van der Waals surface area contributed by atoms with Gasteiger partial charge in [-0.25, -0.2) is 0 Å². The summed E-state index contributed by atoms with van der Waals surface area (Å²) in [7, 11) is 3.28. The van der Waals surface area contributed by atoms with E-state index in [9.17, 15) is 0 Å². The van der Waals surface area contributed by atoms with Crippen molar-refractivity contribution in [3.63, 3.8) is 0 Å². The molecule has 1 heterocycles. The van der Waals surface area contributed by atoms with Gasteiger partial charge in [-0.2, -0.15) is 5.10 Å². The van der Waals surface area contributed by atoms with Gasteiger partial charge in [-0.15, -0.1) is 0 Å². The third-order valence-corrected chi connectivity index (χ3v) is 3.46. The third kappa shape index (κ3) is 2.09. The quantitative estimate of drug-likeness (QED) is 0.930. The van der Waals surface area contributed by atoms with Crippen LogP contribution in [0.1, 0.15) is 22.7 Å². The summed E-state index contributed by atoms with van der Waals surface area (Å²) >= 11 is 0. The molecule has 20 heavy (non-hydrogen) atoms. The van der Waals surface area contributed by atoms with Crippen LogP contribution in [0.25, 0.3) is 0 Å². The fraction of sp³-hybridized carbons (Fsp3) is 0.188. The van der Waals surface area contributed by atoms with Crippen LogP contribution in [0.15, 0.2) is 47.6 Å². The normalized spacial score (nSPS) is 16.2. The molecule has 1 aliphatic heterocycles. The van der Waals surface area contributed by atoms with Crippen molar-refractivity contribution >= 4 is 6.21 Å². The van der Waals surface area contributed by atoms with Gasteiger partial charge >= 0.3 is 0 Å². The molecule has 0 bridgehead atoms. The minimum absolute atomic E-state index is 0.0241. The molecule has 0 aromatic heterocycles. The predicted octanol–water partition coefficient (Wildman–Crippen LogP) is 2.73. The van der Waals surface area contributed by atoms with Crippen LogP contribution in [0.2, 0.25) is 0 Å². The average molecular weight is 268 g/mol. The number of hydrogen-bond acceptors (Lipinski definition) is 4. The molecule has 1 atom stereocenters. The van der Waals surface area contributed by atoms with Gasteiger partial charge < -0.3 is 9.47 Å². The molecule has 0 amide bonds. The van der Waals surface area contributed by atoms with Crippen LogP contribution in [0.4, 0.5) is 0 Å². The van der Waals surface area contributed by atoms with E-state index in [0.717, 1.165) is 22.6 Å². The van der Waals surface area contributed by atoms with E-state index >= 15 is 0 Å². The maximum Gasteiger partial charge on any atom is 0.161 e. The zero-order valence-corrected chi connectivity index (χ0v) is 11.5. The lowest BCUT2D eigenvalue weighted by molar-refractivity contribution is 0.354. The van der Waals surface area contributed by atoms with Crippen LogP contribution < -0.4 is 14.9 Å². The maximum atomic E-state index is 5.36. The Bertz CT molecular complexity index is 653. The first-order chi connectivity index (χ1) is 9.83. The number of hydrazone groups is 1. The molecule has 0 aliphatic carbocycles. The summed E-state index contributed by atoms with van der Waals surface area (Å²) in [5.41, 5.74) is 6.58. The van der Waals surface area contributed by atoms with Crippen LogP contribution in [-0.2, 0) is 0 Å². The standard InChI is InChI=1S/C16H16N2O2/c1-19-14-8-7-11(9-15(14)20-2)16-13-6-4-3-5-12(13)10-17-18-16/h3-10,16,18H,1-2H3/t16-/m0/s1. The summed E-state index contributed by atoms with van der Waals surface area (Å²) in [5.74, 6) is 1.45. The second kappa shape index (κ2) is 5.25. The third-order valence-electron chi connectivity index (χ3n) is 3.46. The van der Waals surface area contributed by atoms with E-state index < -0.39 is 0 Å². The van der Waals surface area contributed by atoms with Crippen molar-refractivity contribution in [2.75, 3.05) is 14.2 Å². The molecular formula is C16H16N2O2. The van der Waals surface area contributed by atoms with Crippen LogP contribution in [0, 0.1) is 0 Å². The van der Waals surface area contributed by atoms with Crippen molar-refractivity contribution in [2.45, 2.75) is 6.04 Å². The number of fused-ring (bicyclic) bond motifs is 1. The number of benzene rings is 2. The Labute approximate surface area is 118 Å². The van der Waals surface area contributed by atoms with E-state index in [-0.39, 0.29) is 6.04 Å². The lowest BCUT2D eigenvalue weighted by atomic mass is 9.94. The Hall–Kier alpha value is -2.49. The maximum absolute atomic E-state index is 5.36. The zero-order chi connectivity index (χ0) is 13.9. The first-order valence-electron chi connectivity index (χ1n) is 6.43. The Balaban J connectivity index is 2.04. The molecule has 0 fully saturated rings. The molecule has 0 spiro atoms. The molecule has 2 aromatic carbocycles. The van der Waals surface area contributed by atoms with Crippen molar-refractivity contribution in [1.82, 2.24) is 5.43 Å². The minimum atomic E-state index is 0.0241. The highest BCUT2D eigenvalue weighted by Crippen LogP contribution is 2.33. The molecule has 0 radical (unpaired) electrons. The molecule has 0 saturated heterocycles. The summed E-state index contributed by atoms with van der Waals surface area (Å²) in [6.07, 6.45) is 1.84. The topological polar surface area (TPSA) is 42.8 Å². The minimum Gasteiger partial charge on any atom is -0.493 e. The highest BCUT2D eigenvalue weighted by molar-refractivity contribution is 5.83. The van der Waals surface area contributed by atoms with Crippen molar-refractivity contribution in [3.8, 4) is 11.5 Å². The first kappa shape index (κ1) is 12.5. The van der Waals surface area contributed by atoms with Gasteiger partial charge in [-0.3, -0.25) is 5.43 Å². The van der Waals surface area contributed by atoms with Crippen LogP contribution in [0.3, 0.4) is 0 Å². The van der Waals surface area contributed by atoms with Crippen molar-refractivity contribution in [2.24, 2.45) is 5.10 Å². The summed E-state index contributed by atoms with van der Waals surface area (Å²) in [6.45, 7) is 0. The summed E-state index contributed by atoms with van der Waals surface area (Å²) in [6, 6.07) is 14.2. The summed E-state index contributed by atoms with van der Waals surface area (Å²) in [4.78, 5) is 0. The smallest absolute Gasteiger partial charge is 0.161 e. The van der Waals surface area contributed by atoms with E-state index in [1.54, 1.807) is 14.2 Å². The van der Waals surface area contributed by atoms with Crippen LogP contribution in [0.5, 0.6) is 11.5 Å². The molecule has 1 N–H and O–H groups in total. The molecule has 0 unspecified atom stereocenters. The van der Waals surface area contributed by atoms with Crippen molar-refractivity contribution < 1.29 is 9.47 Å². The van der Waals surface area contributed by atoms with Gasteiger partial charge in [0.05, 0.1) is 26.5 Å². The Kier molecular flexibility index (Phi) is 3.29. The predicted molar refractivity (Wildman–Crippen MR) is 78.6 cm³/mol. The second-order valence-electron chi connectivity index (χ2n) is 4.56. The second-order valence-corrected chi connectivity index (χ2v) is 4.56. The fourth-order valence-corrected chi connectivity index (χ4v) is 2.43. The van der Waals surface area contributed by atoms with Gasteiger partial charge in [0.2, 0.25) is 0 Å². The highest BCUT2D eigenvalue weighted by Gasteiger charge is 2.20. The molecule has 4 heteroatoms. The SMILES string of the molecule is COc1ccc([C@@H]2NN=Cc3ccccc32)cc1OC. The van der Waals surface area contributed by atoms with E-state index in [1.165, 1.54) is 5.56 Å². The molecule has 1 aliphatic rings. The van der Waals surface area contributed by atoms with Gasteiger partial charge in [0.1, 0.15) is 0 Å².